The molecule has 0 atom stereocenters. The summed E-state index contributed by atoms with van der Waals surface area (Å²) < 4.78 is 14.6. The second-order valence-electron chi connectivity index (χ2n) is 3.35. The summed E-state index contributed by atoms with van der Waals surface area (Å²) in [6.07, 6.45) is 0. The number of halogens is 1. The van der Waals surface area contributed by atoms with Crippen LogP contribution in [-0.2, 0) is 13.2 Å². The molecule has 16 heavy (non-hydrogen) atoms. The number of hydrogen-bond acceptors (Lipinski definition) is 3. The van der Waals surface area contributed by atoms with Crippen molar-refractivity contribution in [3.8, 4) is 11.4 Å². The van der Waals surface area contributed by atoms with Gasteiger partial charge in [-0.15, -0.1) is 10.2 Å². The molecule has 2 rings (SSSR count). The predicted molar refractivity (Wildman–Crippen MR) is 57.0 cm³/mol. The number of aliphatic hydroxyl groups excluding tert-OH is 1. The van der Waals surface area contributed by atoms with Crippen LogP contribution in [0.3, 0.4) is 0 Å². The predicted octanol–water partition coefficient (Wildman–Crippen LogP) is 1.60. The van der Waals surface area contributed by atoms with Crippen LogP contribution in [0.1, 0.15) is 12.7 Å². The van der Waals surface area contributed by atoms with Crippen LogP contribution >= 0.6 is 0 Å². The van der Waals surface area contributed by atoms with Crippen LogP contribution in [0.15, 0.2) is 24.3 Å². The summed E-state index contributed by atoms with van der Waals surface area (Å²) in [7, 11) is 0. The summed E-state index contributed by atoms with van der Waals surface area (Å²) in [5.41, 5.74) is 0.787. The molecule has 0 aliphatic rings. The Bertz CT molecular complexity index is 478. The Morgan fingerprint density at radius 2 is 1.94 bits per heavy atom. The minimum absolute atomic E-state index is 0.151. The van der Waals surface area contributed by atoms with E-state index >= 15 is 0 Å². The van der Waals surface area contributed by atoms with Crippen molar-refractivity contribution in [1.82, 2.24) is 14.8 Å². The fourth-order valence-corrected chi connectivity index (χ4v) is 1.60. The van der Waals surface area contributed by atoms with Crippen molar-refractivity contribution >= 4 is 0 Å². The van der Waals surface area contributed by atoms with E-state index in [2.05, 4.69) is 10.2 Å². The van der Waals surface area contributed by atoms with Crippen LogP contribution in [-0.4, -0.2) is 19.9 Å². The van der Waals surface area contributed by atoms with E-state index in [1.54, 1.807) is 16.7 Å². The van der Waals surface area contributed by atoms with Gasteiger partial charge in [0, 0.05) is 12.1 Å². The second-order valence-corrected chi connectivity index (χ2v) is 3.35. The molecule has 0 spiro atoms. The third-order valence-electron chi connectivity index (χ3n) is 2.39. The molecule has 0 saturated carbocycles. The van der Waals surface area contributed by atoms with Gasteiger partial charge in [-0.3, -0.25) is 0 Å². The molecule has 0 amide bonds. The maximum atomic E-state index is 12.8. The Morgan fingerprint density at radius 3 is 2.50 bits per heavy atom. The highest BCUT2D eigenvalue weighted by Gasteiger charge is 2.11. The number of aromatic nitrogens is 3. The number of benzene rings is 1. The Kier molecular flexibility index (Phi) is 2.96. The fourth-order valence-electron chi connectivity index (χ4n) is 1.60. The van der Waals surface area contributed by atoms with Crippen molar-refractivity contribution in [2.24, 2.45) is 0 Å². The molecule has 1 aromatic heterocycles. The Morgan fingerprint density at radius 1 is 1.25 bits per heavy atom. The SMILES string of the molecule is CCn1c(CO)nnc1-c1ccc(F)cc1. The van der Waals surface area contributed by atoms with E-state index in [1.165, 1.54) is 12.1 Å². The molecule has 1 N–H and O–H groups in total. The topological polar surface area (TPSA) is 50.9 Å². The summed E-state index contributed by atoms with van der Waals surface area (Å²) in [4.78, 5) is 0. The standard InChI is InChI=1S/C11H12FN3O/c1-2-15-10(7-16)13-14-11(15)8-3-5-9(12)6-4-8/h3-6,16H,2,7H2,1H3. The van der Waals surface area contributed by atoms with Crippen LogP contribution < -0.4 is 0 Å². The van der Waals surface area contributed by atoms with Crippen molar-refractivity contribution in [3.63, 3.8) is 0 Å². The largest absolute Gasteiger partial charge is 0.388 e. The van der Waals surface area contributed by atoms with E-state index < -0.39 is 0 Å². The Balaban J connectivity index is 2.47. The normalized spacial score (nSPS) is 10.7. The van der Waals surface area contributed by atoms with E-state index in [1.807, 2.05) is 6.92 Å². The summed E-state index contributed by atoms with van der Waals surface area (Å²) in [6.45, 7) is 2.45. The van der Waals surface area contributed by atoms with Crippen molar-refractivity contribution in [3.05, 3.63) is 35.9 Å². The summed E-state index contributed by atoms with van der Waals surface area (Å²) in [5.74, 6) is 0.877. The maximum absolute atomic E-state index is 12.8. The molecule has 1 aromatic carbocycles. The molecule has 2 aromatic rings. The van der Waals surface area contributed by atoms with Crippen molar-refractivity contribution < 1.29 is 9.50 Å². The van der Waals surface area contributed by atoms with Crippen LogP contribution in [0.5, 0.6) is 0 Å². The molecule has 84 valence electrons. The number of rotatable bonds is 3. The zero-order valence-corrected chi connectivity index (χ0v) is 8.89. The highest BCUT2D eigenvalue weighted by Crippen LogP contribution is 2.18. The van der Waals surface area contributed by atoms with Crippen LogP contribution in [0.4, 0.5) is 4.39 Å². The van der Waals surface area contributed by atoms with Crippen molar-refractivity contribution in [1.29, 1.82) is 0 Å². The summed E-state index contributed by atoms with van der Waals surface area (Å²) in [6, 6.07) is 6.05. The molecule has 0 radical (unpaired) electrons. The van der Waals surface area contributed by atoms with Gasteiger partial charge in [-0.2, -0.15) is 0 Å². The van der Waals surface area contributed by atoms with Crippen LogP contribution in [0.2, 0.25) is 0 Å². The average Bonchev–Trinajstić information content (AvgIpc) is 2.72. The first-order valence-electron chi connectivity index (χ1n) is 5.05. The lowest BCUT2D eigenvalue weighted by atomic mass is 10.2. The van der Waals surface area contributed by atoms with Gasteiger partial charge in [0.15, 0.2) is 11.6 Å². The molecule has 0 unspecified atom stereocenters. The average molecular weight is 221 g/mol. The molecular weight excluding hydrogens is 209 g/mol. The van der Waals surface area contributed by atoms with Gasteiger partial charge in [-0.05, 0) is 31.2 Å². The summed E-state index contributed by atoms with van der Waals surface area (Å²) >= 11 is 0. The molecule has 4 nitrogen and oxygen atoms in total. The smallest absolute Gasteiger partial charge is 0.164 e. The van der Waals surface area contributed by atoms with Gasteiger partial charge in [0.25, 0.3) is 0 Å². The van der Waals surface area contributed by atoms with Gasteiger partial charge in [0.1, 0.15) is 12.4 Å². The lowest BCUT2D eigenvalue weighted by molar-refractivity contribution is 0.265. The van der Waals surface area contributed by atoms with E-state index in [-0.39, 0.29) is 12.4 Å². The zero-order valence-electron chi connectivity index (χ0n) is 8.89. The first-order valence-corrected chi connectivity index (χ1v) is 5.05. The minimum Gasteiger partial charge on any atom is -0.388 e. The summed E-state index contributed by atoms with van der Waals surface area (Å²) in [5, 5.41) is 16.9. The highest BCUT2D eigenvalue weighted by atomic mass is 19.1. The maximum Gasteiger partial charge on any atom is 0.164 e. The van der Waals surface area contributed by atoms with Gasteiger partial charge in [-0.25, -0.2) is 4.39 Å². The third kappa shape index (κ3) is 1.81. The quantitative estimate of drug-likeness (QED) is 0.856. The van der Waals surface area contributed by atoms with Crippen molar-refractivity contribution in [2.75, 3.05) is 0 Å². The second kappa shape index (κ2) is 4.40. The lowest BCUT2D eigenvalue weighted by Crippen LogP contribution is -2.03. The fraction of sp³-hybridized carbons (Fsp3) is 0.273. The Labute approximate surface area is 92.4 Å². The molecular formula is C11H12FN3O. The van der Waals surface area contributed by atoms with Crippen molar-refractivity contribution in [2.45, 2.75) is 20.1 Å². The first kappa shape index (κ1) is 10.8. The van der Waals surface area contributed by atoms with Gasteiger partial charge >= 0.3 is 0 Å². The molecule has 0 saturated heterocycles. The number of hydrogen-bond donors (Lipinski definition) is 1. The molecule has 0 aliphatic carbocycles. The van der Waals surface area contributed by atoms with Gasteiger partial charge < -0.3 is 9.67 Å². The molecule has 0 fully saturated rings. The van der Waals surface area contributed by atoms with Gasteiger partial charge in [0.2, 0.25) is 0 Å². The Hall–Kier alpha value is -1.75. The zero-order chi connectivity index (χ0) is 11.5. The first-order chi connectivity index (χ1) is 7.76. The van der Waals surface area contributed by atoms with Crippen LogP contribution in [0, 0.1) is 5.82 Å². The molecule has 0 bridgehead atoms. The van der Waals surface area contributed by atoms with Gasteiger partial charge in [0.05, 0.1) is 0 Å². The molecule has 0 aliphatic heterocycles. The molecule has 1 heterocycles. The van der Waals surface area contributed by atoms with E-state index in [9.17, 15) is 4.39 Å². The van der Waals surface area contributed by atoms with E-state index in [0.29, 0.717) is 18.2 Å². The number of nitrogens with zero attached hydrogens (tertiary/aromatic N) is 3. The minimum atomic E-state index is -0.284. The van der Waals surface area contributed by atoms with Gasteiger partial charge in [-0.1, -0.05) is 0 Å². The lowest BCUT2D eigenvalue weighted by Gasteiger charge is -2.05. The highest BCUT2D eigenvalue weighted by molar-refractivity contribution is 5.55. The van der Waals surface area contributed by atoms with Crippen LogP contribution in [0.25, 0.3) is 11.4 Å². The monoisotopic (exact) mass is 221 g/mol. The number of aliphatic hydroxyl groups is 1. The van der Waals surface area contributed by atoms with E-state index in [0.717, 1.165) is 5.56 Å². The molecule has 5 heteroatoms. The third-order valence-corrected chi connectivity index (χ3v) is 2.39. The van der Waals surface area contributed by atoms with E-state index in [4.69, 9.17) is 5.11 Å².